The number of carboxylic acid groups (broad SMARTS) is 1. The number of piperidine rings is 1. The Bertz CT molecular complexity index is 1040. The van der Waals surface area contributed by atoms with E-state index in [0.717, 1.165) is 37.9 Å². The second-order valence-corrected chi connectivity index (χ2v) is 10.4. The molecule has 1 saturated heterocycles. The minimum atomic E-state index is -1.07. The van der Waals surface area contributed by atoms with Crippen molar-refractivity contribution in [2.75, 3.05) is 26.2 Å². The molecule has 1 aliphatic heterocycles. The molecule has 12 heteroatoms. The number of rotatable bonds is 10. The third-order valence-electron chi connectivity index (χ3n) is 6.36. The van der Waals surface area contributed by atoms with E-state index >= 15 is 0 Å². The summed E-state index contributed by atoms with van der Waals surface area (Å²) < 4.78 is 0. The van der Waals surface area contributed by atoms with E-state index in [4.69, 9.17) is 28.3 Å². The maximum absolute atomic E-state index is 12.8. The van der Waals surface area contributed by atoms with E-state index in [1.54, 1.807) is 29.2 Å². The molecule has 0 aliphatic carbocycles. The lowest BCUT2D eigenvalue weighted by atomic mass is 10.0. The maximum Gasteiger partial charge on any atom is 0.323 e. The van der Waals surface area contributed by atoms with Crippen molar-refractivity contribution in [1.29, 1.82) is 0 Å². The molecule has 0 unspecified atom stereocenters. The Hall–Kier alpha value is -2.40. The number of carbonyl (C=O) groups excluding carboxylic acids is 2. The third kappa shape index (κ3) is 7.80. The zero-order valence-electron chi connectivity index (χ0n) is 20.3. The number of carboxylic acids is 1. The number of aliphatic carboxylic acids is 1. The molecule has 3 heterocycles. The summed E-state index contributed by atoms with van der Waals surface area (Å²) in [5.41, 5.74) is 2.04. The number of amides is 3. The number of nitrogens with one attached hydrogen (secondary N) is 2. The summed E-state index contributed by atoms with van der Waals surface area (Å²) in [6.45, 7) is 6.03. The van der Waals surface area contributed by atoms with Gasteiger partial charge in [0.2, 0.25) is 0 Å². The summed E-state index contributed by atoms with van der Waals surface area (Å²) in [7, 11) is 0. The number of carbonyl (C=O) groups is 3. The third-order valence-corrected chi connectivity index (χ3v) is 7.56. The number of hydrogen-bond donors (Lipinski definition) is 3. The van der Waals surface area contributed by atoms with Gasteiger partial charge in [0.05, 0.1) is 5.56 Å². The first-order chi connectivity index (χ1) is 17.2. The van der Waals surface area contributed by atoms with Crippen molar-refractivity contribution in [3.8, 4) is 0 Å². The summed E-state index contributed by atoms with van der Waals surface area (Å²) in [6.07, 6.45) is 2.32. The van der Waals surface area contributed by atoms with Gasteiger partial charge in [0.1, 0.15) is 16.9 Å². The van der Waals surface area contributed by atoms with Crippen molar-refractivity contribution in [2.45, 2.75) is 51.7 Å². The van der Waals surface area contributed by atoms with Gasteiger partial charge >= 0.3 is 12.0 Å². The number of nitrogens with zero attached hydrogens (tertiary/aromatic N) is 3. The van der Waals surface area contributed by atoms with Crippen LogP contribution >= 0.6 is 34.5 Å². The van der Waals surface area contributed by atoms with Crippen molar-refractivity contribution in [1.82, 2.24) is 25.4 Å². The molecular formula is C24H31Cl2N5O4S. The van der Waals surface area contributed by atoms with Gasteiger partial charge < -0.3 is 25.5 Å². The van der Waals surface area contributed by atoms with E-state index in [0.29, 0.717) is 24.2 Å². The molecule has 3 amide bonds. The highest BCUT2D eigenvalue weighted by atomic mass is 35.5. The fraction of sp³-hybridized carbons (Fsp3) is 0.500. The Morgan fingerprint density at radius 3 is 2.61 bits per heavy atom. The van der Waals surface area contributed by atoms with Crippen molar-refractivity contribution >= 4 is 52.4 Å². The second kappa shape index (κ2) is 13.2. The van der Waals surface area contributed by atoms with Gasteiger partial charge in [-0.3, -0.25) is 9.59 Å². The molecule has 1 atom stereocenters. The van der Waals surface area contributed by atoms with Crippen LogP contribution in [0.5, 0.6) is 0 Å². The normalized spacial score (nSPS) is 15.3. The quantitative estimate of drug-likeness (QED) is 0.381. The van der Waals surface area contributed by atoms with Gasteiger partial charge in [0.25, 0.3) is 5.91 Å². The molecule has 0 spiro atoms. The van der Waals surface area contributed by atoms with Gasteiger partial charge in [-0.2, -0.15) is 11.3 Å². The van der Waals surface area contributed by atoms with Gasteiger partial charge in [-0.15, -0.1) is 0 Å². The summed E-state index contributed by atoms with van der Waals surface area (Å²) in [5, 5.41) is 18.7. The number of halogens is 2. The highest BCUT2D eigenvalue weighted by molar-refractivity contribution is 7.07. The Morgan fingerprint density at radius 2 is 2.00 bits per heavy atom. The zero-order valence-corrected chi connectivity index (χ0v) is 22.6. The Balaban J connectivity index is 1.50. The molecule has 3 rings (SSSR count). The Kier molecular flexibility index (Phi) is 10.4. The lowest BCUT2D eigenvalue weighted by Crippen LogP contribution is -2.52. The van der Waals surface area contributed by atoms with Crippen LogP contribution in [-0.4, -0.2) is 76.1 Å². The SMILES string of the molecule is Cc1cc(Cl)nc(Cl)c1C(=O)NCC[C@@H](C)N1CCC(N(Cc2ccsc2)C(=O)NCC(=O)O)CC1. The van der Waals surface area contributed by atoms with Crippen LogP contribution in [0.2, 0.25) is 10.3 Å². The first kappa shape index (κ1) is 28.2. The minimum Gasteiger partial charge on any atom is -0.480 e. The smallest absolute Gasteiger partial charge is 0.323 e. The molecular weight excluding hydrogens is 525 g/mol. The Labute approximate surface area is 224 Å². The minimum absolute atomic E-state index is 0.0179. The molecule has 0 saturated carbocycles. The number of thiophene rings is 1. The molecule has 3 N–H and O–H groups in total. The van der Waals surface area contributed by atoms with Crippen LogP contribution in [0.3, 0.4) is 0 Å². The van der Waals surface area contributed by atoms with E-state index in [9.17, 15) is 14.4 Å². The highest BCUT2D eigenvalue weighted by Gasteiger charge is 2.30. The molecule has 2 aromatic heterocycles. The molecule has 2 aromatic rings. The number of pyridine rings is 1. The molecule has 1 aliphatic rings. The van der Waals surface area contributed by atoms with E-state index in [1.807, 2.05) is 16.8 Å². The van der Waals surface area contributed by atoms with Crippen LogP contribution < -0.4 is 10.6 Å². The molecule has 1 fully saturated rings. The molecule has 36 heavy (non-hydrogen) atoms. The van der Waals surface area contributed by atoms with Crippen LogP contribution in [0, 0.1) is 6.92 Å². The molecule has 0 aromatic carbocycles. The monoisotopic (exact) mass is 555 g/mol. The van der Waals surface area contributed by atoms with Crippen LogP contribution in [0.25, 0.3) is 0 Å². The standard InChI is InChI=1S/C24H31Cl2N5O4S/c1-15-11-19(25)29-22(26)21(15)23(34)27-7-3-16(2)30-8-4-18(5-9-30)31(13-17-6-10-36-14-17)24(35)28-12-20(32)33/h6,10-11,14,16,18H,3-5,7-9,12-13H2,1-2H3,(H,27,34)(H,28,35)(H,32,33)/t16-/m1/s1. The van der Waals surface area contributed by atoms with Gasteiger partial charge in [-0.05, 0) is 67.1 Å². The van der Waals surface area contributed by atoms with Crippen LogP contribution in [0.1, 0.15) is 47.7 Å². The van der Waals surface area contributed by atoms with Gasteiger partial charge in [-0.25, -0.2) is 9.78 Å². The summed E-state index contributed by atoms with van der Waals surface area (Å²) in [5.74, 6) is -1.34. The molecule has 0 bridgehead atoms. The lowest BCUT2D eigenvalue weighted by molar-refractivity contribution is -0.135. The average Bonchev–Trinajstić information content (AvgIpc) is 3.34. The Morgan fingerprint density at radius 1 is 1.28 bits per heavy atom. The highest BCUT2D eigenvalue weighted by Crippen LogP contribution is 2.23. The number of likely N-dealkylation sites (tertiary alicyclic amines) is 1. The van der Waals surface area contributed by atoms with Gasteiger partial charge in [-0.1, -0.05) is 23.2 Å². The van der Waals surface area contributed by atoms with Crippen LogP contribution in [0.15, 0.2) is 22.9 Å². The summed E-state index contributed by atoms with van der Waals surface area (Å²) in [4.78, 5) is 44.3. The van der Waals surface area contributed by atoms with E-state index < -0.39 is 12.5 Å². The predicted octanol–water partition coefficient (Wildman–Crippen LogP) is 4.03. The first-order valence-electron chi connectivity index (χ1n) is 11.8. The van der Waals surface area contributed by atoms with Gasteiger partial charge in [0.15, 0.2) is 0 Å². The maximum atomic E-state index is 12.8. The van der Waals surface area contributed by atoms with Crippen molar-refractivity contribution in [3.05, 3.63) is 49.9 Å². The summed E-state index contributed by atoms with van der Waals surface area (Å²) >= 11 is 13.6. The average molecular weight is 557 g/mol. The number of aromatic nitrogens is 1. The topological polar surface area (TPSA) is 115 Å². The molecule has 196 valence electrons. The lowest BCUT2D eigenvalue weighted by Gasteiger charge is -2.40. The van der Waals surface area contributed by atoms with Crippen molar-refractivity contribution in [2.24, 2.45) is 0 Å². The van der Waals surface area contributed by atoms with Crippen LogP contribution in [0.4, 0.5) is 4.79 Å². The van der Waals surface area contributed by atoms with Crippen LogP contribution in [-0.2, 0) is 11.3 Å². The predicted molar refractivity (Wildman–Crippen MR) is 141 cm³/mol. The van der Waals surface area contributed by atoms with Gasteiger partial charge in [0, 0.05) is 38.3 Å². The van der Waals surface area contributed by atoms with E-state index in [2.05, 4.69) is 27.4 Å². The van der Waals surface area contributed by atoms with Crippen molar-refractivity contribution < 1.29 is 19.5 Å². The number of urea groups is 1. The number of aryl methyl sites for hydroxylation is 1. The summed E-state index contributed by atoms with van der Waals surface area (Å²) in [6, 6.07) is 3.48. The number of hydrogen-bond acceptors (Lipinski definition) is 6. The zero-order chi connectivity index (χ0) is 26.2. The fourth-order valence-electron chi connectivity index (χ4n) is 4.37. The van der Waals surface area contributed by atoms with Crippen molar-refractivity contribution in [3.63, 3.8) is 0 Å². The second-order valence-electron chi connectivity index (χ2n) is 8.90. The molecule has 9 nitrogen and oxygen atoms in total. The van der Waals surface area contributed by atoms with E-state index in [1.165, 1.54) is 0 Å². The fourth-order valence-corrected chi connectivity index (χ4v) is 5.65. The first-order valence-corrected chi connectivity index (χ1v) is 13.5. The largest absolute Gasteiger partial charge is 0.480 e. The molecule has 0 radical (unpaired) electrons. The van der Waals surface area contributed by atoms with E-state index in [-0.39, 0.29) is 34.3 Å².